The minimum Gasteiger partial charge on any atom is -0.476 e. The molecule has 1 unspecified atom stereocenters. The molecule has 3 rings (SSSR count). The molecule has 132 valence electrons. The lowest BCUT2D eigenvalue weighted by Gasteiger charge is -2.22. The lowest BCUT2D eigenvalue weighted by Crippen LogP contribution is -2.36. The molecule has 1 N–H and O–H groups in total. The predicted octanol–water partition coefficient (Wildman–Crippen LogP) is 2.21. The SMILES string of the molecule is CC(Cc1ccccc1)OC(=O)N1CCc2cc(C(=O)O)nn2CC1. The monoisotopic (exact) mass is 343 g/mol. The third-order valence-corrected chi connectivity index (χ3v) is 4.23. The number of aromatic carboxylic acids is 1. The van der Waals surface area contributed by atoms with Crippen molar-refractivity contribution in [3.63, 3.8) is 0 Å². The Morgan fingerprint density at radius 3 is 2.72 bits per heavy atom. The summed E-state index contributed by atoms with van der Waals surface area (Å²) < 4.78 is 7.21. The second-order valence-corrected chi connectivity index (χ2v) is 6.17. The van der Waals surface area contributed by atoms with Crippen LogP contribution in [0.3, 0.4) is 0 Å². The number of nitrogens with zero attached hydrogens (tertiary/aromatic N) is 3. The zero-order valence-electron chi connectivity index (χ0n) is 14.1. The topological polar surface area (TPSA) is 84.7 Å². The molecule has 7 heteroatoms. The Morgan fingerprint density at radius 1 is 1.24 bits per heavy atom. The minimum atomic E-state index is -1.04. The smallest absolute Gasteiger partial charge is 0.410 e. The summed E-state index contributed by atoms with van der Waals surface area (Å²) in [6.07, 6.45) is 0.674. The predicted molar refractivity (Wildman–Crippen MR) is 90.6 cm³/mol. The maximum Gasteiger partial charge on any atom is 0.410 e. The summed E-state index contributed by atoms with van der Waals surface area (Å²) in [6.45, 7) is 3.28. The van der Waals surface area contributed by atoms with Crippen molar-refractivity contribution >= 4 is 12.1 Å². The molecule has 0 fully saturated rings. The molecule has 0 aliphatic carbocycles. The van der Waals surface area contributed by atoms with Crippen molar-refractivity contribution in [3.05, 3.63) is 53.3 Å². The first-order chi connectivity index (χ1) is 12.0. The third-order valence-electron chi connectivity index (χ3n) is 4.23. The first-order valence-electron chi connectivity index (χ1n) is 8.32. The average molecular weight is 343 g/mol. The molecular formula is C18H21N3O4. The summed E-state index contributed by atoms with van der Waals surface area (Å²) in [5, 5.41) is 13.1. The van der Waals surface area contributed by atoms with Crippen LogP contribution in [0.2, 0.25) is 0 Å². The number of fused-ring (bicyclic) bond motifs is 1. The quantitative estimate of drug-likeness (QED) is 0.920. The number of hydrogen-bond donors (Lipinski definition) is 1. The van der Waals surface area contributed by atoms with E-state index < -0.39 is 5.97 Å². The number of aromatic nitrogens is 2. The molecule has 0 saturated carbocycles. The molecule has 1 amide bonds. The highest BCUT2D eigenvalue weighted by Gasteiger charge is 2.23. The minimum absolute atomic E-state index is 0.0440. The molecule has 1 aliphatic rings. The lowest BCUT2D eigenvalue weighted by atomic mass is 10.1. The van der Waals surface area contributed by atoms with Crippen LogP contribution < -0.4 is 0 Å². The number of hydrogen-bond acceptors (Lipinski definition) is 4. The van der Waals surface area contributed by atoms with E-state index in [0.29, 0.717) is 32.5 Å². The van der Waals surface area contributed by atoms with E-state index in [1.807, 2.05) is 37.3 Å². The summed E-state index contributed by atoms with van der Waals surface area (Å²) in [6, 6.07) is 11.5. The van der Waals surface area contributed by atoms with E-state index in [-0.39, 0.29) is 17.9 Å². The van der Waals surface area contributed by atoms with Gasteiger partial charge in [-0.2, -0.15) is 5.10 Å². The van der Waals surface area contributed by atoms with Crippen molar-refractivity contribution in [2.75, 3.05) is 13.1 Å². The van der Waals surface area contributed by atoms with Gasteiger partial charge in [0.1, 0.15) is 6.10 Å². The maximum atomic E-state index is 12.4. The second-order valence-electron chi connectivity index (χ2n) is 6.17. The van der Waals surface area contributed by atoms with Crippen molar-refractivity contribution in [1.29, 1.82) is 0 Å². The van der Waals surface area contributed by atoms with Crippen LogP contribution in [0.1, 0.15) is 28.7 Å². The average Bonchev–Trinajstić information content (AvgIpc) is 2.89. The number of rotatable bonds is 4. The number of benzene rings is 1. The molecule has 0 bridgehead atoms. The Balaban J connectivity index is 1.55. The van der Waals surface area contributed by atoms with E-state index in [1.165, 1.54) is 0 Å². The van der Waals surface area contributed by atoms with Gasteiger partial charge in [-0.05, 0) is 18.6 Å². The molecule has 7 nitrogen and oxygen atoms in total. The Morgan fingerprint density at radius 2 is 2.00 bits per heavy atom. The normalized spacial score (nSPS) is 15.2. The van der Waals surface area contributed by atoms with E-state index in [1.54, 1.807) is 15.6 Å². The first-order valence-corrected chi connectivity index (χ1v) is 8.32. The Bertz CT molecular complexity index is 731. The highest BCUT2D eigenvalue weighted by molar-refractivity contribution is 5.85. The molecule has 1 aromatic carbocycles. The van der Waals surface area contributed by atoms with Gasteiger partial charge in [0.05, 0.1) is 6.54 Å². The van der Waals surface area contributed by atoms with Crippen molar-refractivity contribution in [2.24, 2.45) is 0 Å². The molecule has 1 aromatic heterocycles. The van der Waals surface area contributed by atoms with E-state index in [2.05, 4.69) is 5.10 Å². The molecule has 2 aromatic rings. The number of ether oxygens (including phenoxy) is 1. The molecule has 0 spiro atoms. The van der Waals surface area contributed by atoms with Gasteiger partial charge >= 0.3 is 12.1 Å². The Kier molecular flexibility index (Phi) is 5.02. The van der Waals surface area contributed by atoms with E-state index in [9.17, 15) is 9.59 Å². The lowest BCUT2D eigenvalue weighted by molar-refractivity contribution is 0.0676. The number of carbonyl (C=O) groups is 2. The van der Waals surface area contributed by atoms with E-state index >= 15 is 0 Å². The number of carboxylic acid groups (broad SMARTS) is 1. The van der Waals surface area contributed by atoms with Crippen LogP contribution in [0.4, 0.5) is 4.79 Å². The van der Waals surface area contributed by atoms with Gasteiger partial charge < -0.3 is 14.7 Å². The van der Waals surface area contributed by atoms with E-state index in [0.717, 1.165) is 11.3 Å². The highest BCUT2D eigenvalue weighted by Crippen LogP contribution is 2.13. The van der Waals surface area contributed by atoms with Crippen molar-refractivity contribution in [1.82, 2.24) is 14.7 Å². The van der Waals surface area contributed by atoms with Crippen LogP contribution in [0.25, 0.3) is 0 Å². The van der Waals surface area contributed by atoms with Gasteiger partial charge in [-0.3, -0.25) is 4.68 Å². The number of amides is 1. The van der Waals surface area contributed by atoms with Gasteiger partial charge in [-0.25, -0.2) is 9.59 Å². The van der Waals surface area contributed by atoms with Gasteiger partial charge in [-0.15, -0.1) is 0 Å². The summed E-state index contributed by atoms with van der Waals surface area (Å²) in [5.41, 5.74) is 1.99. The van der Waals surface area contributed by atoms with Crippen molar-refractivity contribution < 1.29 is 19.4 Å². The molecular weight excluding hydrogens is 322 g/mol. The Hall–Kier alpha value is -2.83. The van der Waals surface area contributed by atoms with Gasteiger partial charge in [0, 0.05) is 31.6 Å². The fourth-order valence-corrected chi connectivity index (χ4v) is 2.95. The van der Waals surface area contributed by atoms with Crippen LogP contribution in [-0.4, -0.2) is 51.0 Å². The molecule has 0 saturated heterocycles. The molecule has 25 heavy (non-hydrogen) atoms. The maximum absolute atomic E-state index is 12.4. The molecule has 0 radical (unpaired) electrons. The third kappa shape index (κ3) is 4.17. The standard InChI is InChI=1S/C18H21N3O4/c1-13(11-14-5-3-2-4-6-14)25-18(24)20-8-7-15-12-16(17(22)23)19-21(15)10-9-20/h2-6,12-13H,7-11H2,1H3,(H,22,23). The van der Waals surface area contributed by atoms with Gasteiger partial charge in [0.25, 0.3) is 0 Å². The first kappa shape index (κ1) is 17.0. The summed E-state index contributed by atoms with van der Waals surface area (Å²) in [5.74, 6) is -1.04. The fraction of sp³-hybridized carbons (Fsp3) is 0.389. The van der Waals surface area contributed by atoms with Crippen LogP contribution in [0.5, 0.6) is 0 Å². The van der Waals surface area contributed by atoms with Crippen molar-refractivity contribution in [2.45, 2.75) is 32.4 Å². The summed E-state index contributed by atoms with van der Waals surface area (Å²) in [4.78, 5) is 25.0. The molecule has 1 aliphatic heterocycles. The van der Waals surface area contributed by atoms with Gasteiger partial charge in [0.2, 0.25) is 0 Å². The van der Waals surface area contributed by atoms with Crippen LogP contribution in [-0.2, 0) is 24.1 Å². The molecule has 1 atom stereocenters. The number of carbonyl (C=O) groups excluding carboxylic acids is 1. The van der Waals surface area contributed by atoms with Crippen LogP contribution in [0.15, 0.2) is 36.4 Å². The highest BCUT2D eigenvalue weighted by atomic mass is 16.6. The fourth-order valence-electron chi connectivity index (χ4n) is 2.95. The van der Waals surface area contributed by atoms with Gasteiger partial charge in [0.15, 0.2) is 5.69 Å². The summed E-state index contributed by atoms with van der Waals surface area (Å²) in [7, 11) is 0. The van der Waals surface area contributed by atoms with Gasteiger partial charge in [-0.1, -0.05) is 30.3 Å². The Labute approximate surface area is 145 Å². The van der Waals surface area contributed by atoms with Crippen LogP contribution >= 0.6 is 0 Å². The van der Waals surface area contributed by atoms with E-state index in [4.69, 9.17) is 9.84 Å². The van der Waals surface area contributed by atoms with Crippen molar-refractivity contribution in [3.8, 4) is 0 Å². The van der Waals surface area contributed by atoms with Crippen LogP contribution in [0, 0.1) is 0 Å². The number of carboxylic acids is 1. The second kappa shape index (κ2) is 7.38. The summed E-state index contributed by atoms with van der Waals surface area (Å²) >= 11 is 0. The molecule has 2 heterocycles. The zero-order chi connectivity index (χ0) is 17.8. The largest absolute Gasteiger partial charge is 0.476 e. The zero-order valence-corrected chi connectivity index (χ0v) is 14.1.